The van der Waals surface area contributed by atoms with Crippen LogP contribution < -0.4 is 14.2 Å². The minimum Gasteiger partial charge on any atom is -0.496 e. The van der Waals surface area contributed by atoms with Crippen molar-refractivity contribution in [3.8, 4) is 11.5 Å². The van der Waals surface area contributed by atoms with Crippen molar-refractivity contribution >= 4 is 15.7 Å². The first kappa shape index (κ1) is 17.1. The first-order valence-electron chi connectivity index (χ1n) is 7.23. The van der Waals surface area contributed by atoms with Crippen LogP contribution in [0.15, 0.2) is 47.4 Å². The van der Waals surface area contributed by atoms with Gasteiger partial charge < -0.3 is 9.47 Å². The lowest BCUT2D eigenvalue weighted by Gasteiger charge is -2.15. The zero-order valence-corrected chi connectivity index (χ0v) is 14.5. The number of hydrogen-bond donors (Lipinski definition) is 1. The average Bonchev–Trinajstić information content (AvgIpc) is 2.54. The molecule has 0 aliphatic carbocycles. The summed E-state index contributed by atoms with van der Waals surface area (Å²) in [6.07, 6.45) is 0. The van der Waals surface area contributed by atoms with E-state index in [1.165, 1.54) is 13.2 Å². The molecule has 0 atom stereocenters. The zero-order chi connectivity index (χ0) is 17.0. The number of para-hydroxylation sites is 2. The Morgan fingerprint density at radius 1 is 0.957 bits per heavy atom. The van der Waals surface area contributed by atoms with Crippen LogP contribution in [-0.2, 0) is 10.0 Å². The third-order valence-electron chi connectivity index (χ3n) is 3.48. The molecule has 0 amide bonds. The molecule has 1 N–H and O–H groups in total. The maximum absolute atomic E-state index is 12.6. The highest BCUT2D eigenvalue weighted by molar-refractivity contribution is 7.92. The molecule has 0 bridgehead atoms. The second-order valence-corrected chi connectivity index (χ2v) is 7.05. The Labute approximate surface area is 137 Å². The minimum absolute atomic E-state index is 0.145. The fourth-order valence-electron chi connectivity index (χ4n) is 2.26. The van der Waals surface area contributed by atoms with E-state index in [1.807, 2.05) is 13.8 Å². The summed E-state index contributed by atoms with van der Waals surface area (Å²) < 4.78 is 38.3. The molecule has 0 saturated carbocycles. The van der Waals surface area contributed by atoms with Crippen LogP contribution in [0.2, 0.25) is 0 Å². The van der Waals surface area contributed by atoms with Crippen molar-refractivity contribution in [2.75, 3.05) is 18.9 Å². The molecule has 2 rings (SSSR count). The van der Waals surface area contributed by atoms with E-state index < -0.39 is 10.0 Å². The van der Waals surface area contributed by atoms with Gasteiger partial charge in [0.15, 0.2) is 0 Å². The van der Waals surface area contributed by atoms with E-state index >= 15 is 0 Å². The molecule has 2 aromatic rings. The molecule has 0 heterocycles. The summed E-state index contributed by atoms with van der Waals surface area (Å²) in [5.74, 6) is 1.29. The molecule has 0 fully saturated rings. The number of anilines is 1. The fraction of sp³-hybridized carbons (Fsp3) is 0.294. The third-order valence-corrected chi connectivity index (χ3v) is 4.85. The number of benzene rings is 2. The summed E-state index contributed by atoms with van der Waals surface area (Å²) in [6, 6.07) is 11.7. The van der Waals surface area contributed by atoms with E-state index in [-0.39, 0.29) is 10.8 Å². The number of rotatable bonds is 6. The van der Waals surface area contributed by atoms with Gasteiger partial charge in [0.1, 0.15) is 11.5 Å². The van der Waals surface area contributed by atoms with Crippen molar-refractivity contribution in [1.82, 2.24) is 0 Å². The second-order valence-electron chi connectivity index (χ2n) is 5.36. The van der Waals surface area contributed by atoms with Crippen molar-refractivity contribution in [1.29, 1.82) is 0 Å². The van der Waals surface area contributed by atoms with Gasteiger partial charge in [-0.2, -0.15) is 0 Å². The molecule has 0 radical (unpaired) electrons. The number of sulfonamides is 1. The summed E-state index contributed by atoms with van der Waals surface area (Å²) in [4.78, 5) is 0.188. The first-order chi connectivity index (χ1) is 10.9. The van der Waals surface area contributed by atoms with Gasteiger partial charge >= 0.3 is 0 Å². The van der Waals surface area contributed by atoms with Crippen molar-refractivity contribution < 1.29 is 17.9 Å². The van der Waals surface area contributed by atoms with Gasteiger partial charge in [-0.1, -0.05) is 26.0 Å². The summed E-state index contributed by atoms with van der Waals surface area (Å²) in [7, 11) is -0.643. The van der Waals surface area contributed by atoms with Crippen molar-refractivity contribution in [2.24, 2.45) is 0 Å². The normalized spacial score (nSPS) is 11.3. The van der Waals surface area contributed by atoms with Crippen molar-refractivity contribution in [3.05, 3.63) is 48.0 Å². The predicted octanol–water partition coefficient (Wildman–Crippen LogP) is 3.63. The van der Waals surface area contributed by atoms with Gasteiger partial charge in [-0.3, -0.25) is 4.72 Å². The van der Waals surface area contributed by atoms with E-state index in [0.29, 0.717) is 17.2 Å². The zero-order valence-electron chi connectivity index (χ0n) is 13.7. The van der Waals surface area contributed by atoms with Gasteiger partial charge in [0, 0.05) is 0 Å². The molecule has 2 aromatic carbocycles. The number of hydrogen-bond acceptors (Lipinski definition) is 4. The van der Waals surface area contributed by atoms with Crippen LogP contribution in [-0.4, -0.2) is 22.6 Å². The molecule has 6 heteroatoms. The molecule has 5 nitrogen and oxygen atoms in total. The Bertz CT molecular complexity index is 785. The maximum atomic E-state index is 12.6. The van der Waals surface area contributed by atoms with Crippen LogP contribution in [0, 0.1) is 0 Å². The van der Waals surface area contributed by atoms with Gasteiger partial charge in [0.25, 0.3) is 10.0 Å². The average molecular weight is 335 g/mol. The summed E-state index contributed by atoms with van der Waals surface area (Å²) in [5, 5.41) is 0. The van der Waals surface area contributed by atoms with Crippen LogP contribution in [0.3, 0.4) is 0 Å². The van der Waals surface area contributed by atoms with Gasteiger partial charge in [-0.15, -0.1) is 0 Å². The molecule has 0 saturated heterocycles. The van der Waals surface area contributed by atoms with Crippen LogP contribution >= 0.6 is 0 Å². The topological polar surface area (TPSA) is 64.6 Å². The Balaban J connectivity index is 2.42. The fourth-order valence-corrected chi connectivity index (χ4v) is 3.37. The largest absolute Gasteiger partial charge is 0.496 e. The number of nitrogens with one attached hydrogen (secondary N) is 1. The molecule has 124 valence electrons. The lowest BCUT2D eigenvalue weighted by molar-refractivity contribution is 0.407. The third kappa shape index (κ3) is 3.76. The molecule has 0 unspecified atom stereocenters. The van der Waals surface area contributed by atoms with Crippen LogP contribution in [0.25, 0.3) is 0 Å². The molecule has 0 aromatic heterocycles. The highest BCUT2D eigenvalue weighted by Crippen LogP contribution is 2.31. The minimum atomic E-state index is -3.71. The van der Waals surface area contributed by atoms with Crippen molar-refractivity contribution in [2.45, 2.75) is 24.7 Å². The monoisotopic (exact) mass is 335 g/mol. The highest BCUT2D eigenvalue weighted by Gasteiger charge is 2.19. The van der Waals surface area contributed by atoms with Gasteiger partial charge in [0.2, 0.25) is 0 Å². The molecular weight excluding hydrogens is 314 g/mol. The van der Waals surface area contributed by atoms with Gasteiger partial charge in [0.05, 0.1) is 24.8 Å². The Hall–Kier alpha value is -2.21. The Morgan fingerprint density at radius 2 is 1.61 bits per heavy atom. The van der Waals surface area contributed by atoms with E-state index in [0.717, 1.165) is 5.56 Å². The lowest BCUT2D eigenvalue weighted by Crippen LogP contribution is -2.14. The summed E-state index contributed by atoms with van der Waals surface area (Å²) in [5.41, 5.74) is 1.24. The van der Waals surface area contributed by atoms with E-state index in [4.69, 9.17) is 9.47 Å². The Kier molecular flexibility index (Phi) is 5.15. The number of ether oxygens (including phenoxy) is 2. The summed E-state index contributed by atoms with van der Waals surface area (Å²) >= 11 is 0. The van der Waals surface area contributed by atoms with Crippen molar-refractivity contribution in [3.63, 3.8) is 0 Å². The molecule has 23 heavy (non-hydrogen) atoms. The number of methoxy groups -OCH3 is 2. The van der Waals surface area contributed by atoms with Gasteiger partial charge in [-0.25, -0.2) is 8.42 Å². The maximum Gasteiger partial charge on any atom is 0.262 e. The van der Waals surface area contributed by atoms with Crippen LogP contribution in [0.4, 0.5) is 5.69 Å². The highest BCUT2D eigenvalue weighted by atomic mass is 32.2. The SMILES string of the molecule is COc1ccccc1NS(=O)(=O)c1ccc(OC)c(C(C)C)c1. The molecule has 0 aliphatic heterocycles. The predicted molar refractivity (Wildman–Crippen MR) is 90.9 cm³/mol. The smallest absolute Gasteiger partial charge is 0.262 e. The molecule has 0 spiro atoms. The molecule has 0 aliphatic rings. The quantitative estimate of drug-likeness (QED) is 0.875. The summed E-state index contributed by atoms with van der Waals surface area (Å²) in [6.45, 7) is 3.98. The van der Waals surface area contributed by atoms with E-state index in [1.54, 1.807) is 43.5 Å². The molecular formula is C17H21NO4S. The second kappa shape index (κ2) is 6.91. The van der Waals surface area contributed by atoms with E-state index in [2.05, 4.69) is 4.72 Å². The lowest BCUT2D eigenvalue weighted by atomic mass is 10.0. The Morgan fingerprint density at radius 3 is 2.22 bits per heavy atom. The standard InChI is InChI=1S/C17H21NO4S/c1-12(2)14-11-13(9-10-16(14)21-3)23(19,20)18-15-7-5-6-8-17(15)22-4/h5-12,18H,1-4H3. The van der Waals surface area contributed by atoms with Gasteiger partial charge in [-0.05, 0) is 41.8 Å². The van der Waals surface area contributed by atoms with E-state index in [9.17, 15) is 8.42 Å². The van der Waals surface area contributed by atoms with Crippen LogP contribution in [0.5, 0.6) is 11.5 Å². The first-order valence-corrected chi connectivity index (χ1v) is 8.71. The van der Waals surface area contributed by atoms with Crippen LogP contribution in [0.1, 0.15) is 25.3 Å².